The van der Waals surface area contributed by atoms with Gasteiger partial charge in [-0.3, -0.25) is 9.78 Å². The molecule has 0 N–H and O–H groups in total. The van der Waals surface area contributed by atoms with Crippen LogP contribution in [0.5, 0.6) is 5.75 Å². The largest absolute Gasteiger partial charge is 0.481 e. The molecule has 172 valence electrons. The Hall–Kier alpha value is -2.68. The lowest BCUT2D eigenvalue weighted by molar-refractivity contribution is -0.120. The molecule has 0 atom stereocenters. The van der Waals surface area contributed by atoms with Crippen molar-refractivity contribution in [2.75, 3.05) is 31.1 Å². The number of piperidine rings is 1. The fourth-order valence-electron chi connectivity index (χ4n) is 4.50. The van der Waals surface area contributed by atoms with E-state index in [2.05, 4.69) is 4.98 Å². The molecule has 1 fully saturated rings. The van der Waals surface area contributed by atoms with Crippen molar-refractivity contribution in [1.82, 2.24) is 9.29 Å². The van der Waals surface area contributed by atoms with Gasteiger partial charge < -0.3 is 9.64 Å². The number of hydrogen-bond donors (Lipinski definition) is 0. The molecule has 0 unspecified atom stereocenters. The van der Waals surface area contributed by atoms with Crippen LogP contribution in [0.15, 0.2) is 53.6 Å². The second kappa shape index (κ2) is 8.93. The highest BCUT2D eigenvalue weighted by atomic mass is 35.5. The lowest BCUT2D eigenvalue weighted by atomic mass is 10.2. The topological polar surface area (TPSA) is 79.8 Å². The van der Waals surface area contributed by atoms with E-state index in [9.17, 15) is 13.2 Å². The first kappa shape index (κ1) is 22.1. The molecule has 0 saturated carbocycles. The minimum atomic E-state index is -3.50. The third-order valence-corrected chi connectivity index (χ3v) is 8.46. The van der Waals surface area contributed by atoms with E-state index in [-0.39, 0.29) is 12.5 Å². The molecule has 9 heteroatoms. The van der Waals surface area contributed by atoms with Crippen molar-refractivity contribution >= 4 is 44.1 Å². The SMILES string of the molecule is O=C(COc1ccc(Cl)c2cccnc12)N1CCc2cc(S(=O)(=O)N3CCCCC3)ccc21. The molecular formula is C24H24ClN3O4S. The van der Waals surface area contributed by atoms with Crippen LogP contribution in [-0.4, -0.2) is 49.9 Å². The zero-order valence-electron chi connectivity index (χ0n) is 18.0. The predicted molar refractivity (Wildman–Crippen MR) is 127 cm³/mol. The number of nitrogens with zero attached hydrogens (tertiary/aromatic N) is 3. The predicted octanol–water partition coefficient (Wildman–Crippen LogP) is 4.03. The Morgan fingerprint density at radius 2 is 1.88 bits per heavy atom. The Bertz CT molecular complexity index is 1320. The smallest absolute Gasteiger partial charge is 0.264 e. The highest BCUT2D eigenvalue weighted by Gasteiger charge is 2.30. The van der Waals surface area contributed by atoms with Gasteiger partial charge >= 0.3 is 0 Å². The zero-order valence-corrected chi connectivity index (χ0v) is 19.6. The summed E-state index contributed by atoms with van der Waals surface area (Å²) in [7, 11) is -3.50. The molecule has 2 aliphatic rings. The summed E-state index contributed by atoms with van der Waals surface area (Å²) in [4.78, 5) is 19.2. The molecule has 2 aromatic carbocycles. The fraction of sp³-hybridized carbons (Fsp3) is 0.333. The quantitative estimate of drug-likeness (QED) is 0.545. The van der Waals surface area contributed by atoms with Crippen LogP contribution in [0.1, 0.15) is 24.8 Å². The number of anilines is 1. The van der Waals surface area contributed by atoms with Crippen molar-refractivity contribution in [1.29, 1.82) is 0 Å². The summed E-state index contributed by atoms with van der Waals surface area (Å²) < 4.78 is 33.4. The number of amides is 1. The van der Waals surface area contributed by atoms with Gasteiger partial charge in [0.15, 0.2) is 6.61 Å². The average Bonchev–Trinajstić information content (AvgIpc) is 3.28. The number of benzene rings is 2. The maximum Gasteiger partial charge on any atom is 0.264 e. The van der Waals surface area contributed by atoms with Crippen LogP contribution in [0.2, 0.25) is 5.02 Å². The van der Waals surface area contributed by atoms with E-state index in [4.69, 9.17) is 16.3 Å². The Labute approximate surface area is 198 Å². The lowest BCUT2D eigenvalue weighted by Gasteiger charge is -2.26. The molecule has 33 heavy (non-hydrogen) atoms. The average molecular weight is 486 g/mol. The first-order chi connectivity index (χ1) is 15.9. The third kappa shape index (κ3) is 4.18. The van der Waals surface area contributed by atoms with Crippen LogP contribution in [-0.2, 0) is 21.2 Å². The minimum absolute atomic E-state index is 0.152. The van der Waals surface area contributed by atoms with Gasteiger partial charge in [0.2, 0.25) is 10.0 Å². The number of fused-ring (bicyclic) bond motifs is 2. The number of carbonyl (C=O) groups excluding carboxylic acids is 1. The second-order valence-corrected chi connectivity index (χ2v) is 10.6. The molecule has 0 aliphatic carbocycles. The van der Waals surface area contributed by atoms with E-state index in [1.165, 1.54) is 0 Å². The Kier molecular flexibility index (Phi) is 5.99. The molecule has 2 aliphatic heterocycles. The zero-order chi connectivity index (χ0) is 23.0. The van der Waals surface area contributed by atoms with E-state index in [0.717, 1.165) is 35.9 Å². The molecule has 7 nitrogen and oxygen atoms in total. The van der Waals surface area contributed by atoms with E-state index in [1.807, 2.05) is 6.07 Å². The maximum atomic E-state index is 13.0. The first-order valence-electron chi connectivity index (χ1n) is 11.0. The normalized spacial score (nSPS) is 16.7. The summed E-state index contributed by atoms with van der Waals surface area (Å²) in [5.74, 6) is 0.296. The van der Waals surface area contributed by atoms with Gasteiger partial charge in [0.25, 0.3) is 5.91 Å². The molecular weight excluding hydrogens is 462 g/mol. The summed E-state index contributed by atoms with van der Waals surface area (Å²) in [6, 6.07) is 12.1. The molecule has 3 heterocycles. The van der Waals surface area contributed by atoms with Gasteiger partial charge in [0, 0.05) is 36.9 Å². The Balaban J connectivity index is 1.32. The van der Waals surface area contributed by atoms with Crippen molar-refractivity contribution in [3.8, 4) is 5.75 Å². The summed E-state index contributed by atoms with van der Waals surface area (Å²) in [6.45, 7) is 1.47. The Morgan fingerprint density at radius 3 is 2.70 bits per heavy atom. The van der Waals surface area contributed by atoms with E-state index >= 15 is 0 Å². The number of aromatic nitrogens is 1. The van der Waals surface area contributed by atoms with Crippen molar-refractivity contribution in [2.24, 2.45) is 0 Å². The lowest BCUT2D eigenvalue weighted by Crippen LogP contribution is -2.35. The standard InChI is InChI=1S/C24H24ClN3O4S/c25-20-7-9-22(24-19(20)5-4-11-26-24)32-16-23(29)28-14-10-17-15-18(6-8-21(17)28)33(30,31)27-12-2-1-3-13-27/h4-9,11,15H,1-3,10,12-14,16H2. The molecule has 1 saturated heterocycles. The summed E-state index contributed by atoms with van der Waals surface area (Å²) in [5, 5.41) is 1.33. The van der Waals surface area contributed by atoms with Crippen LogP contribution in [0, 0.1) is 0 Å². The molecule has 0 spiro atoms. The van der Waals surface area contributed by atoms with Crippen LogP contribution in [0.3, 0.4) is 0 Å². The first-order valence-corrected chi connectivity index (χ1v) is 12.9. The minimum Gasteiger partial charge on any atom is -0.481 e. The van der Waals surface area contributed by atoms with Crippen LogP contribution in [0.4, 0.5) is 5.69 Å². The van der Waals surface area contributed by atoms with Gasteiger partial charge in [0.1, 0.15) is 11.3 Å². The summed E-state index contributed by atoms with van der Waals surface area (Å²) in [6.07, 6.45) is 5.11. The van der Waals surface area contributed by atoms with E-state index in [0.29, 0.717) is 47.2 Å². The van der Waals surface area contributed by atoms with Crippen LogP contribution < -0.4 is 9.64 Å². The van der Waals surface area contributed by atoms with Crippen molar-refractivity contribution in [2.45, 2.75) is 30.6 Å². The van der Waals surface area contributed by atoms with Crippen molar-refractivity contribution < 1.29 is 17.9 Å². The number of sulfonamides is 1. The number of ether oxygens (including phenoxy) is 1. The summed E-state index contributed by atoms with van der Waals surface area (Å²) in [5.41, 5.74) is 2.20. The summed E-state index contributed by atoms with van der Waals surface area (Å²) >= 11 is 6.23. The highest BCUT2D eigenvalue weighted by Crippen LogP contribution is 2.33. The molecule has 3 aromatic rings. The number of rotatable bonds is 5. The molecule has 0 bridgehead atoms. The van der Waals surface area contributed by atoms with Crippen LogP contribution in [0.25, 0.3) is 10.9 Å². The maximum absolute atomic E-state index is 13.0. The molecule has 1 aromatic heterocycles. The van der Waals surface area contributed by atoms with Gasteiger partial charge in [-0.2, -0.15) is 4.31 Å². The molecule has 1 amide bonds. The Morgan fingerprint density at radius 1 is 1.06 bits per heavy atom. The number of halogens is 1. The van der Waals surface area contributed by atoms with Crippen molar-refractivity contribution in [3.05, 3.63) is 59.2 Å². The van der Waals surface area contributed by atoms with Crippen molar-refractivity contribution in [3.63, 3.8) is 0 Å². The monoisotopic (exact) mass is 485 g/mol. The van der Waals surface area contributed by atoms with E-state index in [1.54, 1.807) is 51.8 Å². The molecule has 5 rings (SSSR count). The fourth-order valence-corrected chi connectivity index (χ4v) is 6.28. The second-order valence-electron chi connectivity index (χ2n) is 8.28. The number of carbonyl (C=O) groups is 1. The molecule has 0 radical (unpaired) electrons. The van der Waals surface area contributed by atoms with Gasteiger partial charge in [-0.15, -0.1) is 0 Å². The number of hydrogen-bond acceptors (Lipinski definition) is 5. The number of pyridine rings is 1. The van der Waals surface area contributed by atoms with Gasteiger partial charge in [-0.1, -0.05) is 18.0 Å². The van der Waals surface area contributed by atoms with E-state index < -0.39 is 10.0 Å². The van der Waals surface area contributed by atoms with Gasteiger partial charge in [0.05, 0.1) is 9.92 Å². The van der Waals surface area contributed by atoms with Crippen LogP contribution >= 0.6 is 11.6 Å². The van der Waals surface area contributed by atoms with Gasteiger partial charge in [-0.05, 0) is 67.3 Å². The van der Waals surface area contributed by atoms with Gasteiger partial charge in [-0.25, -0.2) is 8.42 Å². The highest BCUT2D eigenvalue weighted by molar-refractivity contribution is 7.89. The third-order valence-electron chi connectivity index (χ3n) is 6.23.